The smallest absolute Gasteiger partial charge is 0.122 e. The molecule has 0 amide bonds. The van der Waals surface area contributed by atoms with Gasteiger partial charge < -0.3 is 9.47 Å². The third-order valence-corrected chi connectivity index (χ3v) is 7.10. The van der Waals surface area contributed by atoms with Crippen LogP contribution in [0.15, 0.2) is 105 Å². The van der Waals surface area contributed by atoms with E-state index in [0.717, 1.165) is 55.3 Å². The van der Waals surface area contributed by atoms with E-state index < -0.39 is 0 Å². The van der Waals surface area contributed by atoms with Crippen LogP contribution in [0.1, 0.15) is 22.3 Å². The highest BCUT2D eigenvalue weighted by molar-refractivity contribution is 7.98. The van der Waals surface area contributed by atoms with Gasteiger partial charge in [0.15, 0.2) is 0 Å². The second-order valence-corrected chi connectivity index (χ2v) is 9.54. The predicted octanol–water partition coefficient (Wildman–Crippen LogP) is 6.53. The van der Waals surface area contributed by atoms with E-state index in [1.807, 2.05) is 60.7 Å². The number of thioether (sulfide) groups is 2. The lowest BCUT2D eigenvalue weighted by atomic mass is 10.1. The molecule has 182 valence electrons. The standard InChI is InChI=1S/C28H26N4O2S2/c1-33-25-11-9-21(15-23(25)19-35-27-7-3-5-13-29-27)17-31-32-18-22-10-12-26(34-2)24(16-22)20-36-28-8-4-6-14-30-28/h3-18H,19-20H2,1-2H3/b31-17+,32-18+. The van der Waals surface area contributed by atoms with Gasteiger partial charge in [-0.1, -0.05) is 12.1 Å². The Morgan fingerprint density at radius 3 is 1.53 bits per heavy atom. The van der Waals surface area contributed by atoms with E-state index >= 15 is 0 Å². The van der Waals surface area contributed by atoms with Crippen LogP contribution in [0.3, 0.4) is 0 Å². The zero-order valence-electron chi connectivity index (χ0n) is 20.1. The maximum Gasteiger partial charge on any atom is 0.122 e. The van der Waals surface area contributed by atoms with Crippen LogP contribution in [0, 0.1) is 0 Å². The lowest BCUT2D eigenvalue weighted by Gasteiger charge is -2.09. The molecular weight excluding hydrogens is 488 g/mol. The summed E-state index contributed by atoms with van der Waals surface area (Å²) in [6.45, 7) is 0. The summed E-state index contributed by atoms with van der Waals surface area (Å²) in [5.41, 5.74) is 4.05. The molecule has 0 unspecified atom stereocenters. The Balaban J connectivity index is 1.41. The molecule has 0 saturated heterocycles. The van der Waals surface area contributed by atoms with Crippen LogP contribution in [0.25, 0.3) is 0 Å². The number of nitrogens with zero attached hydrogens (tertiary/aromatic N) is 4. The minimum Gasteiger partial charge on any atom is -0.496 e. The fourth-order valence-electron chi connectivity index (χ4n) is 3.35. The summed E-state index contributed by atoms with van der Waals surface area (Å²) in [6.07, 6.45) is 7.08. The molecular formula is C28H26N4O2S2. The monoisotopic (exact) mass is 514 g/mol. The molecule has 0 saturated carbocycles. The molecule has 8 heteroatoms. The van der Waals surface area contributed by atoms with Gasteiger partial charge in [0.05, 0.1) is 36.7 Å². The minimum absolute atomic E-state index is 0.746. The van der Waals surface area contributed by atoms with Crippen molar-refractivity contribution >= 4 is 36.0 Å². The van der Waals surface area contributed by atoms with Crippen LogP contribution >= 0.6 is 23.5 Å². The highest BCUT2D eigenvalue weighted by Crippen LogP contribution is 2.28. The molecule has 4 aromatic rings. The van der Waals surface area contributed by atoms with Crippen molar-refractivity contribution in [3.63, 3.8) is 0 Å². The average Bonchev–Trinajstić information content (AvgIpc) is 2.94. The third-order valence-electron chi connectivity index (χ3n) is 5.12. The van der Waals surface area contributed by atoms with Crippen LogP contribution in [-0.4, -0.2) is 36.6 Å². The molecule has 0 aliphatic rings. The number of aromatic nitrogens is 2. The van der Waals surface area contributed by atoms with Crippen LogP contribution in [0.5, 0.6) is 11.5 Å². The summed E-state index contributed by atoms with van der Waals surface area (Å²) < 4.78 is 11.1. The van der Waals surface area contributed by atoms with Crippen LogP contribution in [0.2, 0.25) is 0 Å². The summed E-state index contributed by atoms with van der Waals surface area (Å²) in [5.74, 6) is 3.17. The van der Waals surface area contributed by atoms with Crippen molar-refractivity contribution in [3.8, 4) is 11.5 Å². The van der Waals surface area contributed by atoms with Crippen molar-refractivity contribution in [1.29, 1.82) is 0 Å². The third kappa shape index (κ3) is 7.44. The quantitative estimate of drug-likeness (QED) is 0.129. The van der Waals surface area contributed by atoms with Crippen molar-refractivity contribution in [2.45, 2.75) is 21.6 Å². The maximum atomic E-state index is 5.53. The first-order valence-corrected chi connectivity index (χ1v) is 13.2. The van der Waals surface area contributed by atoms with Gasteiger partial charge >= 0.3 is 0 Å². The van der Waals surface area contributed by atoms with Crippen molar-refractivity contribution < 1.29 is 9.47 Å². The fourth-order valence-corrected chi connectivity index (χ4v) is 5.03. The zero-order valence-corrected chi connectivity index (χ0v) is 21.7. The van der Waals surface area contributed by atoms with Crippen molar-refractivity contribution in [3.05, 3.63) is 107 Å². The SMILES string of the molecule is COc1ccc(/C=N/N=C/c2ccc(OC)c(CSc3ccccn3)c2)cc1CSc1ccccn1. The average molecular weight is 515 g/mol. The second kappa shape index (κ2) is 13.5. The fraction of sp³-hybridized carbons (Fsp3) is 0.143. The number of methoxy groups -OCH3 is 2. The van der Waals surface area contributed by atoms with Gasteiger partial charge in [-0.15, -0.1) is 23.5 Å². The van der Waals surface area contributed by atoms with Crippen LogP contribution < -0.4 is 9.47 Å². The molecule has 0 spiro atoms. The van der Waals surface area contributed by atoms with E-state index in [1.165, 1.54) is 0 Å². The minimum atomic E-state index is 0.746. The first-order chi connectivity index (χ1) is 17.7. The Bertz CT molecular complexity index is 1210. The summed E-state index contributed by atoms with van der Waals surface area (Å²) >= 11 is 3.33. The van der Waals surface area contributed by atoms with Gasteiger partial charge in [-0.2, -0.15) is 10.2 Å². The van der Waals surface area contributed by atoms with E-state index in [1.54, 1.807) is 62.6 Å². The Morgan fingerprint density at radius 1 is 0.667 bits per heavy atom. The predicted molar refractivity (Wildman–Crippen MR) is 149 cm³/mol. The van der Waals surface area contributed by atoms with E-state index in [2.05, 4.69) is 32.3 Å². The number of benzene rings is 2. The zero-order chi connectivity index (χ0) is 25.0. The highest BCUT2D eigenvalue weighted by Gasteiger charge is 2.07. The van der Waals surface area contributed by atoms with E-state index in [-0.39, 0.29) is 0 Å². The molecule has 0 aliphatic carbocycles. The first-order valence-electron chi connectivity index (χ1n) is 11.2. The molecule has 0 fully saturated rings. The first kappa shape index (κ1) is 25.5. The Labute approximate surface area is 219 Å². The summed E-state index contributed by atoms with van der Waals surface area (Å²) in [7, 11) is 3.36. The van der Waals surface area contributed by atoms with E-state index in [0.29, 0.717) is 0 Å². The van der Waals surface area contributed by atoms with Gasteiger partial charge in [-0.05, 0) is 71.8 Å². The molecule has 0 radical (unpaired) electrons. The van der Waals surface area contributed by atoms with Crippen LogP contribution in [0.4, 0.5) is 0 Å². The molecule has 6 nitrogen and oxygen atoms in total. The van der Waals surface area contributed by atoms with E-state index in [4.69, 9.17) is 9.47 Å². The normalized spacial score (nSPS) is 11.3. The molecule has 36 heavy (non-hydrogen) atoms. The largest absolute Gasteiger partial charge is 0.496 e. The Morgan fingerprint density at radius 2 is 1.14 bits per heavy atom. The molecule has 4 rings (SSSR count). The topological polar surface area (TPSA) is 69.0 Å². The molecule has 0 bridgehead atoms. The number of pyridine rings is 2. The number of hydrogen-bond donors (Lipinski definition) is 0. The van der Waals surface area contributed by atoms with Gasteiger partial charge in [0.25, 0.3) is 0 Å². The van der Waals surface area contributed by atoms with Crippen molar-refractivity contribution in [2.24, 2.45) is 10.2 Å². The summed E-state index contributed by atoms with van der Waals surface area (Å²) in [6, 6.07) is 23.8. The lowest BCUT2D eigenvalue weighted by molar-refractivity contribution is 0.411. The summed E-state index contributed by atoms with van der Waals surface area (Å²) in [4.78, 5) is 8.74. The molecule has 0 atom stereocenters. The molecule has 0 aliphatic heterocycles. The highest BCUT2D eigenvalue weighted by atomic mass is 32.2. The molecule has 2 aromatic heterocycles. The number of hydrogen-bond acceptors (Lipinski definition) is 8. The maximum absolute atomic E-state index is 5.53. The van der Waals surface area contributed by atoms with Gasteiger partial charge in [-0.25, -0.2) is 9.97 Å². The molecule has 2 heterocycles. The van der Waals surface area contributed by atoms with Gasteiger partial charge in [0, 0.05) is 35.0 Å². The van der Waals surface area contributed by atoms with Crippen LogP contribution in [-0.2, 0) is 11.5 Å². The number of ether oxygens (including phenoxy) is 2. The summed E-state index contributed by atoms with van der Waals surface area (Å²) in [5, 5.41) is 10.5. The lowest BCUT2D eigenvalue weighted by Crippen LogP contribution is -1.94. The second-order valence-electron chi connectivity index (χ2n) is 7.55. The Hall–Kier alpha value is -3.62. The van der Waals surface area contributed by atoms with Gasteiger partial charge in [0.2, 0.25) is 0 Å². The molecule has 2 aromatic carbocycles. The van der Waals surface area contributed by atoms with Crippen molar-refractivity contribution in [1.82, 2.24) is 9.97 Å². The van der Waals surface area contributed by atoms with Gasteiger partial charge in [-0.3, -0.25) is 0 Å². The Kier molecular flexibility index (Phi) is 9.53. The number of rotatable bonds is 11. The van der Waals surface area contributed by atoms with E-state index in [9.17, 15) is 0 Å². The molecule has 0 N–H and O–H groups in total. The van der Waals surface area contributed by atoms with Crippen molar-refractivity contribution in [2.75, 3.05) is 14.2 Å². The van der Waals surface area contributed by atoms with Gasteiger partial charge in [0.1, 0.15) is 11.5 Å².